The van der Waals surface area contributed by atoms with Gasteiger partial charge < -0.3 is 29.5 Å². The van der Waals surface area contributed by atoms with Gasteiger partial charge >= 0.3 is 5.97 Å². The zero-order valence-corrected chi connectivity index (χ0v) is 15.1. The summed E-state index contributed by atoms with van der Waals surface area (Å²) in [6.07, 6.45) is 1.30. The van der Waals surface area contributed by atoms with Gasteiger partial charge in [0, 0.05) is 38.7 Å². The number of hydrogen-bond donors (Lipinski definition) is 3. The Morgan fingerprint density at radius 2 is 2.04 bits per heavy atom. The summed E-state index contributed by atoms with van der Waals surface area (Å²) in [5, 5.41) is 26.9. The van der Waals surface area contributed by atoms with E-state index in [1.54, 1.807) is 0 Å². The number of carbonyl (C=O) groups is 1. The lowest BCUT2D eigenvalue weighted by molar-refractivity contribution is -0.137. The number of nitrogens with zero attached hydrogens (tertiary/aromatic N) is 3. The van der Waals surface area contributed by atoms with Crippen LogP contribution in [0.15, 0.2) is 18.2 Å². The maximum Gasteiger partial charge on any atom is 0.303 e. The van der Waals surface area contributed by atoms with Crippen LogP contribution in [-0.2, 0) is 23.0 Å². The SMILES string of the molecule is Cn1c(CCCC(=O)O)nc2ccc(N(CCO)CCOCCO)cc21. The number of aliphatic carboxylic acids is 1. The van der Waals surface area contributed by atoms with Crippen molar-refractivity contribution in [1.29, 1.82) is 0 Å². The molecule has 0 aliphatic heterocycles. The number of aliphatic hydroxyl groups excluding tert-OH is 2. The van der Waals surface area contributed by atoms with Crippen LogP contribution in [0, 0.1) is 0 Å². The van der Waals surface area contributed by atoms with Crippen molar-refractivity contribution in [3.63, 3.8) is 0 Å². The maximum atomic E-state index is 10.7. The van der Waals surface area contributed by atoms with Gasteiger partial charge in [-0.1, -0.05) is 0 Å². The zero-order valence-electron chi connectivity index (χ0n) is 15.1. The molecule has 0 bridgehead atoms. The fraction of sp³-hybridized carbons (Fsp3) is 0.556. The molecule has 1 aromatic heterocycles. The Bertz CT molecular complexity index is 716. The molecule has 1 heterocycles. The topological polar surface area (TPSA) is 108 Å². The van der Waals surface area contributed by atoms with Crippen LogP contribution in [0.25, 0.3) is 11.0 Å². The third-order valence-electron chi connectivity index (χ3n) is 4.22. The van der Waals surface area contributed by atoms with E-state index in [1.165, 1.54) is 0 Å². The molecule has 0 aliphatic carbocycles. The number of carboxylic acids is 1. The lowest BCUT2D eigenvalue weighted by Gasteiger charge is -2.24. The Morgan fingerprint density at radius 1 is 1.23 bits per heavy atom. The Balaban J connectivity index is 2.14. The van der Waals surface area contributed by atoms with Gasteiger partial charge in [-0.25, -0.2) is 4.98 Å². The minimum absolute atomic E-state index is 0.00830. The number of rotatable bonds is 12. The van der Waals surface area contributed by atoms with E-state index < -0.39 is 5.97 Å². The highest BCUT2D eigenvalue weighted by molar-refractivity contribution is 5.80. The molecule has 0 saturated heterocycles. The van der Waals surface area contributed by atoms with Crippen LogP contribution in [0.3, 0.4) is 0 Å². The first-order valence-corrected chi connectivity index (χ1v) is 8.78. The summed E-state index contributed by atoms with van der Waals surface area (Å²) in [5.41, 5.74) is 2.79. The molecule has 0 saturated carbocycles. The molecule has 0 radical (unpaired) electrons. The van der Waals surface area contributed by atoms with E-state index in [2.05, 4.69) is 4.98 Å². The first-order valence-electron chi connectivity index (χ1n) is 8.78. The van der Waals surface area contributed by atoms with Gasteiger partial charge in [0.1, 0.15) is 5.82 Å². The average molecular weight is 365 g/mol. The number of hydrogen-bond acceptors (Lipinski definition) is 6. The molecular formula is C18H27N3O5. The molecule has 1 aromatic carbocycles. The second-order valence-electron chi connectivity index (χ2n) is 6.05. The Hall–Kier alpha value is -2.16. The van der Waals surface area contributed by atoms with Crippen LogP contribution in [0.1, 0.15) is 18.7 Å². The molecule has 0 unspecified atom stereocenters. The third-order valence-corrected chi connectivity index (χ3v) is 4.22. The van der Waals surface area contributed by atoms with E-state index in [0.717, 1.165) is 22.5 Å². The Kier molecular flexibility index (Phi) is 7.83. The third kappa shape index (κ3) is 5.42. The summed E-state index contributed by atoms with van der Waals surface area (Å²) < 4.78 is 7.31. The molecule has 0 amide bonds. The van der Waals surface area contributed by atoms with E-state index in [0.29, 0.717) is 39.1 Å². The highest BCUT2D eigenvalue weighted by atomic mass is 16.5. The number of aromatic nitrogens is 2. The smallest absolute Gasteiger partial charge is 0.303 e. The van der Waals surface area contributed by atoms with Crippen molar-refractivity contribution in [1.82, 2.24) is 9.55 Å². The van der Waals surface area contributed by atoms with E-state index >= 15 is 0 Å². The number of imidazole rings is 1. The van der Waals surface area contributed by atoms with Crippen molar-refractivity contribution < 1.29 is 24.9 Å². The Labute approximate surface area is 152 Å². The number of benzene rings is 1. The molecule has 0 fully saturated rings. The molecular weight excluding hydrogens is 338 g/mol. The summed E-state index contributed by atoms with van der Waals surface area (Å²) >= 11 is 0. The number of fused-ring (bicyclic) bond motifs is 1. The molecule has 2 rings (SSSR count). The van der Waals surface area contributed by atoms with Gasteiger partial charge in [-0.2, -0.15) is 0 Å². The quantitative estimate of drug-likeness (QED) is 0.477. The standard InChI is InChI=1S/C18H27N3O5/c1-20-16-13-14(21(7-9-22)8-11-26-12-10-23)5-6-15(16)19-17(20)3-2-4-18(24)25/h5-6,13,22-23H,2-4,7-12H2,1H3,(H,24,25). The van der Waals surface area contributed by atoms with Crippen molar-refractivity contribution in [3.8, 4) is 0 Å². The number of aryl methyl sites for hydroxylation is 2. The molecule has 0 atom stereocenters. The normalized spacial score (nSPS) is 11.2. The Morgan fingerprint density at radius 3 is 2.73 bits per heavy atom. The van der Waals surface area contributed by atoms with Crippen molar-refractivity contribution in [2.75, 3.05) is 44.4 Å². The van der Waals surface area contributed by atoms with Crippen LogP contribution in [0.4, 0.5) is 5.69 Å². The molecule has 0 aliphatic rings. The lowest BCUT2D eigenvalue weighted by atomic mass is 10.2. The van der Waals surface area contributed by atoms with E-state index in [1.807, 2.05) is 34.7 Å². The highest BCUT2D eigenvalue weighted by Gasteiger charge is 2.12. The molecule has 3 N–H and O–H groups in total. The van der Waals surface area contributed by atoms with Gasteiger partial charge in [-0.15, -0.1) is 0 Å². The van der Waals surface area contributed by atoms with Crippen LogP contribution < -0.4 is 4.90 Å². The fourth-order valence-corrected chi connectivity index (χ4v) is 2.88. The van der Waals surface area contributed by atoms with Crippen LogP contribution in [-0.4, -0.2) is 70.4 Å². The molecule has 0 spiro atoms. The second kappa shape index (κ2) is 10.1. The number of ether oxygens (including phenoxy) is 1. The fourth-order valence-electron chi connectivity index (χ4n) is 2.88. The predicted molar refractivity (Wildman–Crippen MR) is 98.5 cm³/mol. The highest BCUT2D eigenvalue weighted by Crippen LogP contribution is 2.23. The van der Waals surface area contributed by atoms with Crippen LogP contribution in [0.5, 0.6) is 0 Å². The van der Waals surface area contributed by atoms with Crippen molar-refractivity contribution in [2.24, 2.45) is 7.05 Å². The van der Waals surface area contributed by atoms with Crippen molar-refractivity contribution in [3.05, 3.63) is 24.0 Å². The monoisotopic (exact) mass is 365 g/mol. The van der Waals surface area contributed by atoms with Gasteiger partial charge in [-0.05, 0) is 24.6 Å². The molecule has 8 nitrogen and oxygen atoms in total. The first-order chi connectivity index (χ1) is 12.6. The second-order valence-corrected chi connectivity index (χ2v) is 6.05. The van der Waals surface area contributed by atoms with E-state index in [9.17, 15) is 9.90 Å². The van der Waals surface area contributed by atoms with Crippen molar-refractivity contribution >= 4 is 22.7 Å². The average Bonchev–Trinajstić information content (AvgIpc) is 2.93. The number of aliphatic hydroxyl groups is 2. The predicted octanol–water partition coefficient (Wildman–Crippen LogP) is 0.788. The summed E-state index contributed by atoms with van der Waals surface area (Å²) in [5.74, 6) is 0.0625. The largest absolute Gasteiger partial charge is 0.481 e. The van der Waals surface area contributed by atoms with Crippen LogP contribution in [0.2, 0.25) is 0 Å². The molecule has 26 heavy (non-hydrogen) atoms. The van der Waals surface area contributed by atoms with Gasteiger partial charge in [0.15, 0.2) is 0 Å². The zero-order chi connectivity index (χ0) is 18.9. The molecule has 8 heteroatoms. The minimum atomic E-state index is -0.797. The van der Waals surface area contributed by atoms with Gasteiger partial charge in [0.2, 0.25) is 0 Å². The van der Waals surface area contributed by atoms with Gasteiger partial charge in [0.05, 0.1) is 37.5 Å². The van der Waals surface area contributed by atoms with Gasteiger partial charge in [-0.3, -0.25) is 4.79 Å². The summed E-state index contributed by atoms with van der Waals surface area (Å²) in [6, 6.07) is 5.91. The van der Waals surface area contributed by atoms with E-state index in [-0.39, 0.29) is 19.6 Å². The van der Waals surface area contributed by atoms with Crippen molar-refractivity contribution in [2.45, 2.75) is 19.3 Å². The maximum absolute atomic E-state index is 10.7. The number of carboxylic acid groups (broad SMARTS) is 1. The molecule has 2 aromatic rings. The van der Waals surface area contributed by atoms with E-state index in [4.69, 9.17) is 14.9 Å². The van der Waals surface area contributed by atoms with Crippen LogP contribution >= 0.6 is 0 Å². The summed E-state index contributed by atoms with van der Waals surface area (Å²) in [6.45, 7) is 1.88. The molecule has 144 valence electrons. The first kappa shape index (κ1) is 20.2. The summed E-state index contributed by atoms with van der Waals surface area (Å²) in [4.78, 5) is 17.3. The van der Waals surface area contributed by atoms with Gasteiger partial charge in [0.25, 0.3) is 0 Å². The lowest BCUT2D eigenvalue weighted by Crippen LogP contribution is -2.30. The summed E-state index contributed by atoms with van der Waals surface area (Å²) in [7, 11) is 1.93. The number of anilines is 1. The minimum Gasteiger partial charge on any atom is -0.481 e.